The lowest BCUT2D eigenvalue weighted by Gasteiger charge is -2.13. The standard InChI is InChI=1S/C12H23N3O2/c1-3-13-11(16)8-6-4-5-7-10-9(2)14-12(17)15-10/h9-10H,3-8H2,1-2H3,(H,13,16)(H2,14,15,17)/t9-,10+/m0/s1. The summed E-state index contributed by atoms with van der Waals surface area (Å²) >= 11 is 0. The Kier molecular flexibility index (Phi) is 5.80. The van der Waals surface area contributed by atoms with E-state index in [-0.39, 0.29) is 24.0 Å². The number of hydrogen-bond acceptors (Lipinski definition) is 2. The average Bonchev–Trinajstić information content (AvgIpc) is 2.57. The van der Waals surface area contributed by atoms with E-state index in [0.717, 1.165) is 25.7 Å². The minimum Gasteiger partial charge on any atom is -0.356 e. The second-order valence-corrected chi connectivity index (χ2v) is 4.57. The molecule has 0 aromatic heterocycles. The summed E-state index contributed by atoms with van der Waals surface area (Å²) in [6.07, 6.45) is 4.61. The molecule has 5 nitrogen and oxygen atoms in total. The lowest BCUT2D eigenvalue weighted by Crippen LogP contribution is -2.30. The highest BCUT2D eigenvalue weighted by Crippen LogP contribution is 2.11. The van der Waals surface area contributed by atoms with Gasteiger partial charge in [0.05, 0.1) is 6.04 Å². The summed E-state index contributed by atoms with van der Waals surface area (Å²) in [6.45, 7) is 4.64. The van der Waals surface area contributed by atoms with Crippen molar-refractivity contribution >= 4 is 11.9 Å². The Morgan fingerprint density at radius 2 is 2.06 bits per heavy atom. The van der Waals surface area contributed by atoms with E-state index < -0.39 is 0 Å². The second kappa shape index (κ2) is 7.14. The molecule has 0 unspecified atom stereocenters. The van der Waals surface area contributed by atoms with Gasteiger partial charge in [-0.25, -0.2) is 4.79 Å². The summed E-state index contributed by atoms with van der Waals surface area (Å²) in [5.41, 5.74) is 0. The van der Waals surface area contributed by atoms with E-state index in [4.69, 9.17) is 0 Å². The van der Waals surface area contributed by atoms with E-state index in [2.05, 4.69) is 16.0 Å². The molecule has 1 aliphatic rings. The number of hydrogen-bond donors (Lipinski definition) is 3. The normalized spacial score (nSPS) is 23.1. The lowest BCUT2D eigenvalue weighted by atomic mass is 10.0. The highest BCUT2D eigenvalue weighted by Gasteiger charge is 2.26. The van der Waals surface area contributed by atoms with Crippen molar-refractivity contribution in [3.05, 3.63) is 0 Å². The summed E-state index contributed by atoms with van der Waals surface area (Å²) < 4.78 is 0. The van der Waals surface area contributed by atoms with Gasteiger partial charge in [-0.3, -0.25) is 4.79 Å². The van der Waals surface area contributed by atoms with E-state index in [0.29, 0.717) is 13.0 Å². The summed E-state index contributed by atoms with van der Waals surface area (Å²) in [5.74, 6) is 0.136. The van der Waals surface area contributed by atoms with Gasteiger partial charge in [0.15, 0.2) is 0 Å². The van der Waals surface area contributed by atoms with Crippen LogP contribution >= 0.6 is 0 Å². The summed E-state index contributed by atoms with van der Waals surface area (Å²) in [7, 11) is 0. The van der Waals surface area contributed by atoms with Gasteiger partial charge in [-0.1, -0.05) is 12.8 Å². The zero-order chi connectivity index (χ0) is 12.7. The Bertz CT molecular complexity index is 268. The van der Waals surface area contributed by atoms with Gasteiger partial charge >= 0.3 is 6.03 Å². The molecule has 0 aliphatic carbocycles. The number of amides is 3. The first-order valence-corrected chi connectivity index (χ1v) is 6.47. The van der Waals surface area contributed by atoms with Crippen LogP contribution in [0.25, 0.3) is 0 Å². The highest BCUT2D eigenvalue weighted by atomic mass is 16.2. The second-order valence-electron chi connectivity index (χ2n) is 4.57. The molecule has 98 valence electrons. The Morgan fingerprint density at radius 3 is 2.65 bits per heavy atom. The van der Waals surface area contributed by atoms with E-state index in [1.807, 2.05) is 13.8 Å². The molecule has 1 saturated heterocycles. The topological polar surface area (TPSA) is 70.2 Å². The van der Waals surface area contributed by atoms with Crippen molar-refractivity contribution in [2.45, 2.75) is 58.0 Å². The van der Waals surface area contributed by atoms with Crippen molar-refractivity contribution in [1.82, 2.24) is 16.0 Å². The maximum Gasteiger partial charge on any atom is 0.315 e. The predicted molar refractivity (Wildman–Crippen MR) is 66.7 cm³/mol. The van der Waals surface area contributed by atoms with Crippen LogP contribution in [0.3, 0.4) is 0 Å². The fourth-order valence-corrected chi connectivity index (χ4v) is 2.08. The summed E-state index contributed by atoms with van der Waals surface area (Å²) in [5, 5.41) is 8.51. The average molecular weight is 241 g/mol. The highest BCUT2D eigenvalue weighted by molar-refractivity contribution is 5.77. The third kappa shape index (κ3) is 5.06. The molecule has 0 aromatic rings. The molecule has 0 spiro atoms. The van der Waals surface area contributed by atoms with Crippen LogP contribution < -0.4 is 16.0 Å². The molecule has 5 heteroatoms. The van der Waals surface area contributed by atoms with Gasteiger partial charge < -0.3 is 16.0 Å². The molecule has 3 amide bonds. The van der Waals surface area contributed by atoms with Crippen molar-refractivity contribution in [3.63, 3.8) is 0 Å². The minimum absolute atomic E-state index is 0.0650. The monoisotopic (exact) mass is 241 g/mol. The number of rotatable bonds is 7. The first kappa shape index (κ1) is 13.8. The van der Waals surface area contributed by atoms with Crippen LogP contribution in [0.2, 0.25) is 0 Å². The molecule has 0 bridgehead atoms. The van der Waals surface area contributed by atoms with E-state index in [1.54, 1.807) is 0 Å². The maximum atomic E-state index is 11.2. The molecule has 0 aromatic carbocycles. The zero-order valence-electron chi connectivity index (χ0n) is 10.7. The Labute approximate surface area is 103 Å². The lowest BCUT2D eigenvalue weighted by molar-refractivity contribution is -0.121. The Hall–Kier alpha value is -1.26. The molecule has 3 N–H and O–H groups in total. The maximum absolute atomic E-state index is 11.2. The van der Waals surface area contributed by atoms with Crippen molar-refractivity contribution in [2.24, 2.45) is 0 Å². The number of nitrogens with one attached hydrogen (secondary N) is 3. The largest absolute Gasteiger partial charge is 0.356 e. The molecule has 1 fully saturated rings. The van der Waals surface area contributed by atoms with Gasteiger partial charge in [-0.15, -0.1) is 0 Å². The molecule has 17 heavy (non-hydrogen) atoms. The van der Waals surface area contributed by atoms with Crippen LogP contribution in [0, 0.1) is 0 Å². The van der Waals surface area contributed by atoms with Gasteiger partial charge in [0.1, 0.15) is 0 Å². The fourth-order valence-electron chi connectivity index (χ4n) is 2.08. The first-order valence-electron chi connectivity index (χ1n) is 6.47. The zero-order valence-corrected chi connectivity index (χ0v) is 10.7. The molecule has 1 heterocycles. The third-order valence-electron chi connectivity index (χ3n) is 3.07. The van der Waals surface area contributed by atoms with E-state index >= 15 is 0 Å². The third-order valence-corrected chi connectivity index (χ3v) is 3.07. The molecular formula is C12H23N3O2. The van der Waals surface area contributed by atoms with Gasteiger partial charge in [-0.2, -0.15) is 0 Å². The fraction of sp³-hybridized carbons (Fsp3) is 0.833. The molecule has 1 aliphatic heterocycles. The molecule has 0 saturated carbocycles. The molecule has 1 rings (SSSR count). The molecular weight excluding hydrogens is 218 g/mol. The van der Waals surface area contributed by atoms with E-state index in [1.165, 1.54) is 0 Å². The summed E-state index contributed by atoms with van der Waals surface area (Å²) in [6, 6.07) is 0.391. The van der Waals surface area contributed by atoms with Crippen LogP contribution in [-0.2, 0) is 4.79 Å². The SMILES string of the molecule is CCNC(=O)CCCCC[C@H]1NC(=O)N[C@H]1C. The van der Waals surface area contributed by atoms with E-state index in [9.17, 15) is 9.59 Å². The number of carbonyl (C=O) groups is 2. The first-order chi connectivity index (χ1) is 8.13. The van der Waals surface area contributed by atoms with Gasteiger partial charge in [0.25, 0.3) is 0 Å². The number of unbranched alkanes of at least 4 members (excludes halogenated alkanes) is 2. The smallest absolute Gasteiger partial charge is 0.315 e. The van der Waals surface area contributed by atoms with Gasteiger partial charge in [0.2, 0.25) is 5.91 Å². The van der Waals surface area contributed by atoms with Crippen LogP contribution in [0.15, 0.2) is 0 Å². The van der Waals surface area contributed by atoms with Crippen LogP contribution in [0.1, 0.15) is 46.0 Å². The van der Waals surface area contributed by atoms with Crippen molar-refractivity contribution in [2.75, 3.05) is 6.54 Å². The van der Waals surface area contributed by atoms with Crippen LogP contribution in [0.5, 0.6) is 0 Å². The Morgan fingerprint density at radius 1 is 1.29 bits per heavy atom. The van der Waals surface area contributed by atoms with Crippen molar-refractivity contribution in [3.8, 4) is 0 Å². The van der Waals surface area contributed by atoms with Gasteiger partial charge in [-0.05, 0) is 26.7 Å². The number of urea groups is 1. The summed E-state index contributed by atoms with van der Waals surface area (Å²) in [4.78, 5) is 22.2. The number of carbonyl (C=O) groups excluding carboxylic acids is 2. The molecule has 0 radical (unpaired) electrons. The quantitative estimate of drug-likeness (QED) is 0.585. The van der Waals surface area contributed by atoms with Gasteiger partial charge in [0, 0.05) is 19.0 Å². The molecule has 2 atom stereocenters. The van der Waals surface area contributed by atoms with Crippen LogP contribution in [0.4, 0.5) is 4.79 Å². The van der Waals surface area contributed by atoms with Crippen molar-refractivity contribution in [1.29, 1.82) is 0 Å². The Balaban J connectivity index is 2.01. The van der Waals surface area contributed by atoms with Crippen LogP contribution in [-0.4, -0.2) is 30.6 Å². The minimum atomic E-state index is -0.0650. The predicted octanol–water partition coefficient (Wildman–Crippen LogP) is 1.14. The van der Waals surface area contributed by atoms with Crippen molar-refractivity contribution < 1.29 is 9.59 Å².